The molecule has 24 heavy (non-hydrogen) atoms. The number of likely N-dealkylation sites (tertiary alicyclic amines) is 1. The molecule has 1 aromatic carbocycles. The van der Waals surface area contributed by atoms with Gasteiger partial charge in [0.1, 0.15) is 0 Å². The number of carbonyl (C=O) groups is 2. The molecule has 0 saturated carbocycles. The number of benzene rings is 1. The van der Waals surface area contributed by atoms with Crippen molar-refractivity contribution in [1.82, 2.24) is 9.80 Å². The Morgan fingerprint density at radius 3 is 2.12 bits per heavy atom. The average molecular weight is 329 g/mol. The summed E-state index contributed by atoms with van der Waals surface area (Å²) in [7, 11) is 0. The van der Waals surface area contributed by atoms with Crippen molar-refractivity contribution < 1.29 is 9.59 Å². The number of hydrogen-bond donors (Lipinski definition) is 0. The number of hydrogen-bond acceptors (Lipinski definition) is 3. The van der Waals surface area contributed by atoms with Gasteiger partial charge in [0.15, 0.2) is 0 Å². The average Bonchev–Trinajstić information content (AvgIpc) is 2.68. The summed E-state index contributed by atoms with van der Waals surface area (Å²) in [5.41, 5.74) is 1.23. The lowest BCUT2D eigenvalue weighted by Gasteiger charge is -2.39. The van der Waals surface area contributed by atoms with Gasteiger partial charge in [0.25, 0.3) is 0 Å². The van der Waals surface area contributed by atoms with Gasteiger partial charge in [-0.25, -0.2) is 0 Å². The molecule has 130 valence electrons. The maximum Gasteiger partial charge on any atom is 0.225 e. The highest BCUT2D eigenvalue weighted by atomic mass is 16.2. The molecule has 0 unspecified atom stereocenters. The van der Waals surface area contributed by atoms with Gasteiger partial charge in [-0.2, -0.15) is 0 Å². The van der Waals surface area contributed by atoms with Crippen molar-refractivity contribution >= 4 is 17.5 Å². The van der Waals surface area contributed by atoms with Crippen LogP contribution in [0.15, 0.2) is 30.3 Å². The molecule has 5 nitrogen and oxygen atoms in total. The van der Waals surface area contributed by atoms with Crippen molar-refractivity contribution in [1.29, 1.82) is 0 Å². The molecule has 0 aliphatic carbocycles. The first-order valence-electron chi connectivity index (χ1n) is 9.05. The fraction of sp³-hybridized carbons (Fsp3) is 0.579. The summed E-state index contributed by atoms with van der Waals surface area (Å²) in [6.45, 7) is 6.72. The first kappa shape index (κ1) is 16.8. The van der Waals surface area contributed by atoms with E-state index >= 15 is 0 Å². The van der Waals surface area contributed by atoms with Gasteiger partial charge >= 0.3 is 0 Å². The van der Waals surface area contributed by atoms with Crippen molar-refractivity contribution in [3.63, 3.8) is 0 Å². The number of piperazine rings is 1. The minimum absolute atomic E-state index is 0.0918. The quantitative estimate of drug-likeness (QED) is 0.852. The molecule has 2 heterocycles. The van der Waals surface area contributed by atoms with Crippen molar-refractivity contribution in [3.05, 3.63) is 30.3 Å². The third-order valence-electron chi connectivity index (χ3n) is 5.21. The molecule has 0 atom stereocenters. The second-order valence-electron chi connectivity index (χ2n) is 6.66. The summed E-state index contributed by atoms with van der Waals surface area (Å²) in [6.07, 6.45) is 2.17. The van der Waals surface area contributed by atoms with Gasteiger partial charge in [-0.3, -0.25) is 9.59 Å². The number of piperidine rings is 1. The summed E-state index contributed by atoms with van der Waals surface area (Å²) < 4.78 is 0. The Balaban J connectivity index is 1.48. The summed E-state index contributed by atoms with van der Waals surface area (Å²) in [5, 5.41) is 0. The monoisotopic (exact) mass is 329 g/mol. The van der Waals surface area contributed by atoms with Crippen LogP contribution >= 0.6 is 0 Å². The van der Waals surface area contributed by atoms with Crippen LogP contribution in [0.1, 0.15) is 26.2 Å². The number of rotatable bonds is 3. The van der Waals surface area contributed by atoms with Crippen molar-refractivity contribution in [2.24, 2.45) is 5.92 Å². The number of anilines is 1. The van der Waals surface area contributed by atoms with Crippen LogP contribution in [0.3, 0.4) is 0 Å². The largest absolute Gasteiger partial charge is 0.368 e. The zero-order chi connectivity index (χ0) is 16.9. The fourth-order valence-electron chi connectivity index (χ4n) is 3.68. The zero-order valence-electron chi connectivity index (χ0n) is 14.5. The molecule has 0 spiro atoms. The molecule has 1 aromatic rings. The standard InChI is InChI=1S/C19H27N3O2/c1-2-18(23)21-10-8-16(9-11-21)19(24)22-14-12-20(13-15-22)17-6-4-3-5-7-17/h3-7,16H,2,8-15H2,1H3. The van der Waals surface area contributed by atoms with Crippen LogP contribution in [-0.4, -0.2) is 60.9 Å². The molecule has 2 fully saturated rings. The molecule has 0 N–H and O–H groups in total. The zero-order valence-corrected chi connectivity index (χ0v) is 14.5. The Morgan fingerprint density at radius 1 is 0.917 bits per heavy atom. The SMILES string of the molecule is CCC(=O)N1CCC(C(=O)N2CCN(c3ccccc3)CC2)CC1. The molecule has 2 amide bonds. The van der Waals surface area contributed by atoms with E-state index in [0.29, 0.717) is 6.42 Å². The van der Waals surface area contributed by atoms with Gasteiger partial charge in [-0.1, -0.05) is 25.1 Å². The second kappa shape index (κ2) is 7.69. The first-order chi connectivity index (χ1) is 11.7. The fourth-order valence-corrected chi connectivity index (χ4v) is 3.68. The highest BCUT2D eigenvalue weighted by Crippen LogP contribution is 2.22. The van der Waals surface area contributed by atoms with Gasteiger partial charge < -0.3 is 14.7 Å². The predicted octanol–water partition coefficient (Wildman–Crippen LogP) is 1.98. The lowest BCUT2D eigenvalue weighted by Crippen LogP contribution is -2.52. The van der Waals surface area contributed by atoms with E-state index in [1.807, 2.05) is 22.8 Å². The summed E-state index contributed by atoms with van der Waals surface area (Å²) in [5.74, 6) is 0.581. The van der Waals surface area contributed by atoms with E-state index in [0.717, 1.165) is 52.1 Å². The molecular weight excluding hydrogens is 302 g/mol. The van der Waals surface area contributed by atoms with E-state index in [4.69, 9.17) is 0 Å². The van der Waals surface area contributed by atoms with Crippen molar-refractivity contribution in [3.8, 4) is 0 Å². The third kappa shape index (κ3) is 3.71. The van der Waals surface area contributed by atoms with Gasteiger partial charge in [-0.05, 0) is 25.0 Å². The molecule has 0 radical (unpaired) electrons. The molecule has 0 aromatic heterocycles. The van der Waals surface area contributed by atoms with Crippen LogP contribution in [0.4, 0.5) is 5.69 Å². The van der Waals surface area contributed by atoms with E-state index < -0.39 is 0 Å². The molecule has 0 bridgehead atoms. The Labute approximate surface area is 144 Å². The van der Waals surface area contributed by atoms with Gasteiger partial charge in [0.2, 0.25) is 11.8 Å². The molecule has 3 rings (SSSR count). The smallest absolute Gasteiger partial charge is 0.225 e. The number of carbonyl (C=O) groups excluding carboxylic acids is 2. The Hall–Kier alpha value is -2.04. The maximum absolute atomic E-state index is 12.7. The molecule has 2 saturated heterocycles. The second-order valence-corrected chi connectivity index (χ2v) is 6.66. The molecular formula is C19H27N3O2. The molecule has 5 heteroatoms. The van der Waals surface area contributed by atoms with Crippen molar-refractivity contribution in [2.45, 2.75) is 26.2 Å². The van der Waals surface area contributed by atoms with E-state index in [2.05, 4.69) is 29.2 Å². The maximum atomic E-state index is 12.7. The Bertz CT molecular complexity index is 559. The lowest BCUT2D eigenvalue weighted by atomic mass is 9.94. The van der Waals surface area contributed by atoms with E-state index in [1.165, 1.54) is 5.69 Å². The Morgan fingerprint density at radius 2 is 1.54 bits per heavy atom. The number of amides is 2. The molecule has 2 aliphatic rings. The van der Waals surface area contributed by atoms with Crippen LogP contribution in [-0.2, 0) is 9.59 Å². The highest BCUT2D eigenvalue weighted by molar-refractivity contribution is 5.80. The third-order valence-corrected chi connectivity index (χ3v) is 5.21. The highest BCUT2D eigenvalue weighted by Gasteiger charge is 2.31. The van der Waals surface area contributed by atoms with E-state index in [-0.39, 0.29) is 17.7 Å². The van der Waals surface area contributed by atoms with Gasteiger partial charge in [0, 0.05) is 57.3 Å². The summed E-state index contributed by atoms with van der Waals surface area (Å²) >= 11 is 0. The minimum Gasteiger partial charge on any atom is -0.368 e. The van der Waals surface area contributed by atoms with E-state index in [9.17, 15) is 9.59 Å². The predicted molar refractivity (Wildman–Crippen MR) is 94.8 cm³/mol. The van der Waals surface area contributed by atoms with E-state index in [1.54, 1.807) is 0 Å². The normalized spacial score (nSPS) is 19.5. The lowest BCUT2D eigenvalue weighted by molar-refractivity contribution is -0.140. The summed E-state index contributed by atoms with van der Waals surface area (Å²) in [4.78, 5) is 30.7. The van der Waals surface area contributed by atoms with Crippen LogP contribution < -0.4 is 4.90 Å². The number of nitrogens with zero attached hydrogens (tertiary/aromatic N) is 3. The van der Waals surface area contributed by atoms with Crippen LogP contribution in [0.2, 0.25) is 0 Å². The first-order valence-corrected chi connectivity index (χ1v) is 9.05. The minimum atomic E-state index is 0.0918. The summed E-state index contributed by atoms with van der Waals surface area (Å²) in [6, 6.07) is 10.4. The van der Waals surface area contributed by atoms with Crippen LogP contribution in [0.25, 0.3) is 0 Å². The Kier molecular flexibility index (Phi) is 5.38. The van der Waals surface area contributed by atoms with Crippen LogP contribution in [0, 0.1) is 5.92 Å². The number of para-hydroxylation sites is 1. The topological polar surface area (TPSA) is 43.9 Å². The van der Waals surface area contributed by atoms with Gasteiger partial charge in [0.05, 0.1) is 0 Å². The van der Waals surface area contributed by atoms with Crippen molar-refractivity contribution in [2.75, 3.05) is 44.2 Å². The molecule has 2 aliphatic heterocycles. The van der Waals surface area contributed by atoms with Crippen LogP contribution in [0.5, 0.6) is 0 Å². The van der Waals surface area contributed by atoms with Gasteiger partial charge in [-0.15, -0.1) is 0 Å².